The van der Waals surface area contributed by atoms with Gasteiger partial charge in [-0.3, -0.25) is 9.59 Å². The molecule has 0 fully saturated rings. The van der Waals surface area contributed by atoms with E-state index in [1.165, 1.54) is 105 Å². The molecule has 0 bridgehead atoms. The summed E-state index contributed by atoms with van der Waals surface area (Å²) >= 11 is 0. The number of esters is 4. The summed E-state index contributed by atoms with van der Waals surface area (Å²) in [5.74, 6) is -4.02. The van der Waals surface area contributed by atoms with Crippen molar-refractivity contribution in [2.75, 3.05) is 67.5 Å². The van der Waals surface area contributed by atoms with E-state index in [0.717, 1.165) is 0 Å². The number of carbonyl (C=O) groups excluding carboxylic acids is 6. The number of methoxy groups -OCH3 is 8. The van der Waals surface area contributed by atoms with E-state index < -0.39 is 35.7 Å². The summed E-state index contributed by atoms with van der Waals surface area (Å²) in [4.78, 5) is 77.8. The maximum absolute atomic E-state index is 13.6. The average molecular weight is 759 g/mol. The number of hydrogen-bond acceptors (Lipinski definition) is 14. The molecule has 0 aromatic heterocycles. The van der Waals surface area contributed by atoms with E-state index in [1.54, 1.807) is 12.1 Å². The first-order valence-corrected chi connectivity index (χ1v) is 16.1. The van der Waals surface area contributed by atoms with Gasteiger partial charge in [0.2, 0.25) is 0 Å². The van der Waals surface area contributed by atoms with Crippen molar-refractivity contribution in [3.8, 4) is 23.0 Å². The molecule has 2 amide bonds. The van der Waals surface area contributed by atoms with Gasteiger partial charge in [-0.1, -0.05) is 0 Å². The molecule has 16 heteroatoms. The van der Waals surface area contributed by atoms with Gasteiger partial charge in [0.15, 0.2) is 11.5 Å². The molecule has 2 N–H and O–H groups in total. The molecule has 4 rings (SSSR count). The molecule has 0 saturated carbocycles. The van der Waals surface area contributed by atoms with E-state index in [4.69, 9.17) is 37.9 Å². The summed E-state index contributed by atoms with van der Waals surface area (Å²) in [6, 6.07) is 14.4. The Labute approximate surface area is 315 Å². The molecule has 0 aliphatic carbocycles. The number of nitrogens with one attached hydrogen (secondary N) is 2. The average Bonchev–Trinajstić information content (AvgIpc) is 3.21. The SMILES string of the molecule is COC(=O)c1cc(C(=O)Nc2cc(Cc3cc(NC(=O)c4ccc(OC)c(C(=O)OC)c4)c(OC)c(C(=O)OC)c3)cc(C(=O)OC)c2OC)ccc1OC. The zero-order chi connectivity index (χ0) is 40.4. The fraction of sp³-hybridized carbons (Fsp3) is 0.231. The fourth-order valence-electron chi connectivity index (χ4n) is 5.59. The number of hydrogen-bond donors (Lipinski definition) is 2. The van der Waals surface area contributed by atoms with E-state index in [9.17, 15) is 28.8 Å². The lowest BCUT2D eigenvalue weighted by Gasteiger charge is -2.18. The molecule has 4 aromatic carbocycles. The van der Waals surface area contributed by atoms with Crippen LogP contribution in [-0.4, -0.2) is 92.6 Å². The lowest BCUT2D eigenvalue weighted by atomic mass is 9.98. The predicted octanol–water partition coefficient (Wildman–Crippen LogP) is 4.96. The number of rotatable bonds is 14. The largest absolute Gasteiger partial charge is 0.496 e. The molecular formula is C39H38N2O14. The molecule has 0 aliphatic heterocycles. The van der Waals surface area contributed by atoms with Gasteiger partial charge in [-0.15, -0.1) is 0 Å². The van der Waals surface area contributed by atoms with Gasteiger partial charge in [0, 0.05) is 11.1 Å². The van der Waals surface area contributed by atoms with Crippen LogP contribution in [0.2, 0.25) is 0 Å². The van der Waals surface area contributed by atoms with E-state index >= 15 is 0 Å². The lowest BCUT2D eigenvalue weighted by molar-refractivity contribution is 0.0587. The van der Waals surface area contributed by atoms with Gasteiger partial charge in [0.1, 0.15) is 33.8 Å². The van der Waals surface area contributed by atoms with E-state index in [1.807, 2.05) is 0 Å². The number of carbonyl (C=O) groups is 6. The van der Waals surface area contributed by atoms with Crippen LogP contribution >= 0.6 is 0 Å². The van der Waals surface area contributed by atoms with Crippen molar-refractivity contribution in [1.82, 2.24) is 0 Å². The first-order chi connectivity index (χ1) is 26.4. The molecular weight excluding hydrogens is 720 g/mol. The van der Waals surface area contributed by atoms with Gasteiger partial charge in [0.05, 0.1) is 68.3 Å². The third-order valence-electron chi connectivity index (χ3n) is 8.15. The molecule has 0 atom stereocenters. The van der Waals surface area contributed by atoms with Crippen molar-refractivity contribution in [1.29, 1.82) is 0 Å². The predicted molar refractivity (Wildman–Crippen MR) is 196 cm³/mol. The first kappa shape index (κ1) is 40.7. The Balaban J connectivity index is 1.80. The summed E-state index contributed by atoms with van der Waals surface area (Å²) in [5, 5.41) is 5.45. The van der Waals surface area contributed by atoms with Crippen molar-refractivity contribution < 1.29 is 66.7 Å². The third-order valence-corrected chi connectivity index (χ3v) is 8.15. The minimum Gasteiger partial charge on any atom is -0.496 e. The Kier molecular flexibility index (Phi) is 13.4. The third kappa shape index (κ3) is 8.93. The number of anilines is 2. The molecule has 4 aromatic rings. The highest BCUT2D eigenvalue weighted by Crippen LogP contribution is 2.36. The summed E-state index contributed by atoms with van der Waals surface area (Å²) in [6.07, 6.45) is 0.0117. The van der Waals surface area contributed by atoms with Crippen molar-refractivity contribution in [3.05, 3.63) is 105 Å². The molecule has 0 saturated heterocycles. The molecule has 0 unspecified atom stereocenters. The zero-order valence-electron chi connectivity index (χ0n) is 31.2. The van der Waals surface area contributed by atoms with Gasteiger partial charge < -0.3 is 48.5 Å². The number of benzene rings is 4. The highest BCUT2D eigenvalue weighted by molar-refractivity contribution is 6.09. The molecule has 55 heavy (non-hydrogen) atoms. The van der Waals surface area contributed by atoms with Crippen LogP contribution in [0.4, 0.5) is 11.4 Å². The minimum absolute atomic E-state index is 0.00771. The highest BCUT2D eigenvalue weighted by atomic mass is 16.5. The Morgan fingerprint density at radius 1 is 0.436 bits per heavy atom. The standard InChI is InChI=1S/C39H38N2O14/c1-48-30-11-9-22(18-24(30)36(44)52-5)34(42)40-28-16-20(14-26(32(28)50-3)38(46)54-7)13-21-15-27(39(47)55-8)33(51-4)29(17-21)41-35(43)23-10-12-31(49-2)25(19-23)37(45)53-6/h9-12,14-19H,13H2,1-8H3,(H,40,42)(H,41,43). The Morgan fingerprint density at radius 3 is 1.09 bits per heavy atom. The second-order valence-corrected chi connectivity index (χ2v) is 11.3. The summed E-state index contributed by atoms with van der Waals surface area (Å²) in [6.45, 7) is 0. The van der Waals surface area contributed by atoms with Crippen molar-refractivity contribution >= 4 is 47.1 Å². The van der Waals surface area contributed by atoms with Crippen molar-refractivity contribution in [3.63, 3.8) is 0 Å². The summed E-state index contributed by atoms with van der Waals surface area (Å²) < 4.78 is 41.1. The van der Waals surface area contributed by atoms with Crippen LogP contribution < -0.4 is 29.6 Å². The maximum Gasteiger partial charge on any atom is 0.341 e. The van der Waals surface area contributed by atoms with Crippen LogP contribution in [0.25, 0.3) is 0 Å². The normalized spacial score (nSPS) is 10.3. The number of amides is 2. The monoisotopic (exact) mass is 758 g/mol. The first-order valence-electron chi connectivity index (χ1n) is 16.1. The topological polar surface area (TPSA) is 200 Å². The zero-order valence-corrected chi connectivity index (χ0v) is 31.2. The van der Waals surface area contributed by atoms with Gasteiger partial charge in [-0.05, 0) is 78.2 Å². The lowest BCUT2D eigenvalue weighted by Crippen LogP contribution is -2.17. The van der Waals surface area contributed by atoms with E-state index in [2.05, 4.69) is 10.6 Å². The van der Waals surface area contributed by atoms with Crippen molar-refractivity contribution in [2.24, 2.45) is 0 Å². The summed E-state index contributed by atoms with van der Waals surface area (Å²) in [5.41, 5.74) is 1.04. The van der Waals surface area contributed by atoms with Gasteiger partial charge >= 0.3 is 23.9 Å². The Bertz CT molecular complexity index is 2010. The molecule has 0 radical (unpaired) electrons. The van der Waals surface area contributed by atoms with Crippen molar-refractivity contribution in [2.45, 2.75) is 6.42 Å². The van der Waals surface area contributed by atoms with Crippen LogP contribution in [0.15, 0.2) is 60.7 Å². The van der Waals surface area contributed by atoms with Crippen LogP contribution in [0.5, 0.6) is 23.0 Å². The fourth-order valence-corrected chi connectivity index (χ4v) is 5.59. The highest BCUT2D eigenvalue weighted by Gasteiger charge is 2.25. The molecule has 0 spiro atoms. The van der Waals surface area contributed by atoms with Gasteiger partial charge in [0.25, 0.3) is 11.8 Å². The molecule has 0 aliphatic rings. The number of ether oxygens (including phenoxy) is 8. The molecule has 288 valence electrons. The van der Waals surface area contributed by atoms with Crippen LogP contribution in [0.1, 0.15) is 73.3 Å². The second-order valence-electron chi connectivity index (χ2n) is 11.3. The maximum atomic E-state index is 13.6. The van der Waals surface area contributed by atoms with Gasteiger partial charge in [-0.25, -0.2) is 19.2 Å². The van der Waals surface area contributed by atoms with Gasteiger partial charge in [-0.2, -0.15) is 0 Å². The molecule has 16 nitrogen and oxygen atoms in total. The van der Waals surface area contributed by atoms with E-state index in [0.29, 0.717) is 11.1 Å². The molecule has 0 heterocycles. The second kappa shape index (κ2) is 18.1. The quantitative estimate of drug-likeness (QED) is 0.129. The Hall–Kier alpha value is -7.10. The van der Waals surface area contributed by atoms with Crippen LogP contribution in [0, 0.1) is 0 Å². The Morgan fingerprint density at radius 2 is 0.782 bits per heavy atom. The summed E-state index contributed by atoms with van der Waals surface area (Å²) in [7, 11) is 10.1. The minimum atomic E-state index is -0.782. The smallest absolute Gasteiger partial charge is 0.341 e. The van der Waals surface area contributed by atoms with Crippen LogP contribution in [0.3, 0.4) is 0 Å². The van der Waals surface area contributed by atoms with E-state index in [-0.39, 0.29) is 74.2 Å². The van der Waals surface area contributed by atoms with Crippen LogP contribution in [-0.2, 0) is 25.4 Å².